The quantitative estimate of drug-likeness (QED) is 0.449. The molecule has 0 bridgehead atoms. The molecule has 4 rings (SSSR count). The van der Waals surface area contributed by atoms with Gasteiger partial charge in [0.1, 0.15) is 6.54 Å². The van der Waals surface area contributed by atoms with Crippen molar-refractivity contribution >= 4 is 48.9 Å². The Morgan fingerprint density at radius 2 is 1.61 bits per heavy atom. The second kappa shape index (κ2) is 9.85. The van der Waals surface area contributed by atoms with Crippen LogP contribution in [0.15, 0.2) is 76.5 Å². The minimum Gasteiger partial charge on any atom is -0.310 e. The summed E-state index contributed by atoms with van der Waals surface area (Å²) in [6.07, 6.45) is 0.458. The van der Waals surface area contributed by atoms with Crippen LogP contribution in [-0.2, 0) is 31.3 Å². The maximum absolute atomic E-state index is 13.6. The number of benzene rings is 3. The number of carbonyl (C=O) groups is 1. The van der Waals surface area contributed by atoms with Crippen molar-refractivity contribution in [2.75, 3.05) is 36.4 Å². The van der Waals surface area contributed by atoms with Gasteiger partial charge in [0.25, 0.3) is 10.0 Å². The van der Waals surface area contributed by atoms with Crippen molar-refractivity contribution in [2.45, 2.75) is 23.1 Å². The van der Waals surface area contributed by atoms with Gasteiger partial charge in [-0.05, 0) is 66.9 Å². The first kappa shape index (κ1) is 26.2. The number of halogens is 1. The number of rotatable bonds is 7. The van der Waals surface area contributed by atoms with Crippen molar-refractivity contribution in [3.8, 4) is 0 Å². The van der Waals surface area contributed by atoms with E-state index in [1.54, 1.807) is 49.4 Å². The van der Waals surface area contributed by atoms with E-state index in [0.717, 1.165) is 14.2 Å². The van der Waals surface area contributed by atoms with E-state index in [1.807, 2.05) is 0 Å². The molecule has 0 spiro atoms. The number of fused-ring (bicyclic) bond motifs is 1. The van der Waals surface area contributed by atoms with E-state index < -0.39 is 32.5 Å². The van der Waals surface area contributed by atoms with Crippen molar-refractivity contribution in [2.24, 2.45) is 0 Å². The van der Waals surface area contributed by atoms with Gasteiger partial charge in [-0.1, -0.05) is 35.9 Å². The fourth-order valence-electron chi connectivity index (χ4n) is 3.99. The van der Waals surface area contributed by atoms with Gasteiger partial charge in [-0.2, -0.15) is 0 Å². The van der Waals surface area contributed by atoms with Gasteiger partial charge in [-0.25, -0.2) is 21.1 Å². The van der Waals surface area contributed by atoms with Crippen molar-refractivity contribution in [1.82, 2.24) is 4.31 Å². The van der Waals surface area contributed by atoms with E-state index in [9.17, 15) is 21.6 Å². The Balaban J connectivity index is 1.69. The monoisotopic (exact) mass is 547 g/mol. The Morgan fingerprint density at radius 3 is 2.25 bits per heavy atom. The van der Waals surface area contributed by atoms with Crippen LogP contribution in [0.3, 0.4) is 0 Å². The van der Waals surface area contributed by atoms with Gasteiger partial charge in [0.15, 0.2) is 0 Å². The summed E-state index contributed by atoms with van der Waals surface area (Å²) in [7, 11) is -4.79. The van der Waals surface area contributed by atoms with Crippen molar-refractivity contribution in [3.05, 3.63) is 82.9 Å². The smallest absolute Gasteiger partial charge is 0.264 e. The summed E-state index contributed by atoms with van der Waals surface area (Å²) in [6.45, 7) is 1.67. The first-order valence-corrected chi connectivity index (χ1v) is 14.4. The van der Waals surface area contributed by atoms with Crippen LogP contribution in [0.4, 0.5) is 11.4 Å². The molecule has 0 aromatic heterocycles. The number of carbonyl (C=O) groups excluding carboxylic acids is 1. The van der Waals surface area contributed by atoms with E-state index >= 15 is 0 Å². The first-order valence-electron chi connectivity index (χ1n) is 11.1. The van der Waals surface area contributed by atoms with Gasteiger partial charge in [-0.3, -0.25) is 9.10 Å². The first-order chi connectivity index (χ1) is 16.9. The Kier molecular flexibility index (Phi) is 7.16. The van der Waals surface area contributed by atoms with E-state index in [1.165, 1.54) is 43.3 Å². The lowest BCUT2D eigenvalue weighted by molar-refractivity contribution is -0.117. The molecule has 3 aromatic carbocycles. The van der Waals surface area contributed by atoms with Crippen LogP contribution in [0.25, 0.3) is 0 Å². The molecule has 1 heterocycles. The molecule has 1 amide bonds. The van der Waals surface area contributed by atoms with E-state index in [0.29, 0.717) is 29.2 Å². The molecule has 0 aliphatic carbocycles. The third-order valence-electron chi connectivity index (χ3n) is 6.08. The zero-order valence-electron chi connectivity index (χ0n) is 20.0. The minimum absolute atomic E-state index is 0.0508. The second-order valence-electron chi connectivity index (χ2n) is 8.63. The van der Waals surface area contributed by atoms with Crippen LogP contribution >= 0.6 is 11.6 Å². The Labute approximate surface area is 216 Å². The zero-order chi connectivity index (χ0) is 26.3. The van der Waals surface area contributed by atoms with E-state index in [-0.39, 0.29) is 15.5 Å². The normalized spacial score (nSPS) is 13.6. The lowest BCUT2D eigenvalue weighted by Crippen LogP contribution is -2.42. The average Bonchev–Trinajstić information content (AvgIpc) is 3.28. The highest BCUT2D eigenvalue weighted by atomic mass is 35.5. The molecular weight excluding hydrogens is 522 g/mol. The van der Waals surface area contributed by atoms with Crippen molar-refractivity contribution < 1.29 is 21.6 Å². The van der Waals surface area contributed by atoms with Gasteiger partial charge in [-0.15, -0.1) is 0 Å². The largest absolute Gasteiger partial charge is 0.310 e. The molecule has 0 unspecified atom stereocenters. The zero-order valence-corrected chi connectivity index (χ0v) is 22.4. The van der Waals surface area contributed by atoms with Gasteiger partial charge in [0.05, 0.1) is 15.5 Å². The average molecular weight is 548 g/mol. The Morgan fingerprint density at radius 1 is 0.917 bits per heavy atom. The third kappa shape index (κ3) is 4.86. The summed E-state index contributed by atoms with van der Waals surface area (Å²) < 4.78 is 54.4. The summed E-state index contributed by atoms with van der Waals surface area (Å²) in [5.74, 6) is -0.437. The predicted octanol–water partition coefficient (Wildman–Crippen LogP) is 3.68. The molecule has 1 aliphatic rings. The van der Waals surface area contributed by atoms with Crippen LogP contribution < -0.4 is 9.21 Å². The molecule has 1 aliphatic heterocycles. The molecule has 0 atom stereocenters. The highest BCUT2D eigenvalue weighted by Crippen LogP contribution is 2.33. The number of amides is 1. The molecule has 0 fully saturated rings. The molecular formula is C25H26ClN3O5S2. The summed E-state index contributed by atoms with van der Waals surface area (Å²) in [6, 6.07) is 17.4. The molecule has 0 saturated heterocycles. The standard InChI is InChI=1S/C25H26ClN3O5S2/c1-18-9-10-20(16-23(18)26)29(36(33,34)21-7-5-4-6-8-21)17-25(30)28-14-13-19-15-22(11-12-24(19)28)35(31,32)27(2)3/h4-12,15-16H,13-14,17H2,1-3H3. The number of nitrogens with zero attached hydrogens (tertiary/aromatic N) is 3. The van der Waals surface area contributed by atoms with Gasteiger partial charge in [0, 0.05) is 31.4 Å². The Bertz CT molecular complexity index is 1520. The fourth-order valence-corrected chi connectivity index (χ4v) is 6.54. The molecule has 0 N–H and O–H groups in total. The highest BCUT2D eigenvalue weighted by molar-refractivity contribution is 7.92. The van der Waals surface area contributed by atoms with E-state index in [2.05, 4.69) is 0 Å². The summed E-state index contributed by atoms with van der Waals surface area (Å²) >= 11 is 6.29. The molecule has 8 nitrogen and oxygen atoms in total. The third-order valence-corrected chi connectivity index (χ3v) is 10.1. The molecule has 36 heavy (non-hydrogen) atoms. The number of aryl methyl sites for hydroxylation is 1. The summed E-state index contributed by atoms with van der Waals surface area (Å²) in [5.41, 5.74) is 2.33. The van der Waals surface area contributed by atoms with Crippen molar-refractivity contribution in [1.29, 1.82) is 0 Å². The number of hydrogen-bond donors (Lipinski definition) is 0. The Hall–Kier alpha value is -2.92. The van der Waals surface area contributed by atoms with Crippen LogP contribution in [0.1, 0.15) is 11.1 Å². The van der Waals surface area contributed by atoms with Crippen LogP contribution in [0.2, 0.25) is 5.02 Å². The van der Waals surface area contributed by atoms with Gasteiger partial charge < -0.3 is 4.90 Å². The van der Waals surface area contributed by atoms with Gasteiger partial charge >= 0.3 is 0 Å². The summed E-state index contributed by atoms with van der Waals surface area (Å²) in [4.78, 5) is 15.2. The molecule has 11 heteroatoms. The van der Waals surface area contributed by atoms with Crippen LogP contribution in [0, 0.1) is 6.92 Å². The molecule has 0 radical (unpaired) electrons. The number of anilines is 2. The van der Waals surface area contributed by atoms with Crippen molar-refractivity contribution in [3.63, 3.8) is 0 Å². The topological polar surface area (TPSA) is 95.1 Å². The SMILES string of the molecule is Cc1ccc(N(CC(=O)N2CCc3cc(S(=O)(=O)N(C)C)ccc32)S(=O)(=O)c2ccccc2)cc1Cl. The van der Waals surface area contributed by atoms with Crippen LogP contribution in [-0.4, -0.2) is 54.2 Å². The maximum Gasteiger partial charge on any atom is 0.264 e. The van der Waals surface area contributed by atoms with Gasteiger partial charge in [0.2, 0.25) is 15.9 Å². The molecule has 0 saturated carbocycles. The highest BCUT2D eigenvalue weighted by Gasteiger charge is 2.32. The number of sulfonamides is 2. The molecule has 190 valence electrons. The van der Waals surface area contributed by atoms with E-state index in [4.69, 9.17) is 11.6 Å². The number of hydrogen-bond acceptors (Lipinski definition) is 5. The fraction of sp³-hybridized carbons (Fsp3) is 0.240. The lowest BCUT2D eigenvalue weighted by atomic mass is 10.2. The minimum atomic E-state index is -4.08. The predicted molar refractivity (Wildman–Crippen MR) is 141 cm³/mol. The maximum atomic E-state index is 13.6. The molecule has 3 aromatic rings. The lowest BCUT2D eigenvalue weighted by Gasteiger charge is -2.27. The van der Waals surface area contributed by atoms with Crippen LogP contribution in [0.5, 0.6) is 0 Å². The summed E-state index contributed by atoms with van der Waals surface area (Å²) in [5, 5.41) is 0.384. The second-order valence-corrected chi connectivity index (χ2v) is 13.1.